The van der Waals surface area contributed by atoms with Crippen molar-refractivity contribution in [2.24, 2.45) is 5.92 Å². The molecule has 1 aromatic heterocycles. The maximum atomic E-state index is 13.9. The molecule has 0 unspecified atom stereocenters. The van der Waals surface area contributed by atoms with Crippen molar-refractivity contribution in [2.75, 3.05) is 11.5 Å². The SMILES string of the molecule is CCOC(=O)[C@@H]1C(=O)N(Cc2ccccc2)c2nc3ccccc3n2[C@@H]1c1cccc(Cl)c1. The van der Waals surface area contributed by atoms with Gasteiger partial charge >= 0.3 is 5.97 Å². The lowest BCUT2D eigenvalue weighted by Crippen LogP contribution is -2.49. The molecule has 0 saturated heterocycles. The average molecular weight is 460 g/mol. The average Bonchev–Trinajstić information content (AvgIpc) is 3.20. The fourth-order valence-corrected chi connectivity index (χ4v) is 4.65. The fourth-order valence-electron chi connectivity index (χ4n) is 4.46. The zero-order valence-electron chi connectivity index (χ0n) is 18.0. The van der Waals surface area contributed by atoms with E-state index in [9.17, 15) is 9.59 Å². The summed E-state index contributed by atoms with van der Waals surface area (Å²) in [4.78, 5) is 33.5. The third-order valence-corrected chi connectivity index (χ3v) is 6.09. The zero-order chi connectivity index (χ0) is 22.9. The summed E-state index contributed by atoms with van der Waals surface area (Å²) < 4.78 is 7.35. The van der Waals surface area contributed by atoms with E-state index >= 15 is 0 Å². The Morgan fingerprint density at radius 3 is 2.55 bits per heavy atom. The van der Waals surface area contributed by atoms with Crippen LogP contribution >= 0.6 is 11.6 Å². The molecular formula is C26H22ClN3O3. The molecule has 0 aliphatic carbocycles. The first kappa shape index (κ1) is 21.2. The summed E-state index contributed by atoms with van der Waals surface area (Å²) in [7, 11) is 0. The third-order valence-electron chi connectivity index (χ3n) is 5.86. The Hall–Kier alpha value is -3.64. The molecule has 1 amide bonds. The minimum absolute atomic E-state index is 0.182. The maximum Gasteiger partial charge on any atom is 0.321 e. The van der Waals surface area contributed by atoms with Gasteiger partial charge < -0.3 is 9.30 Å². The minimum Gasteiger partial charge on any atom is -0.465 e. The summed E-state index contributed by atoms with van der Waals surface area (Å²) in [6, 6.07) is 24.0. The van der Waals surface area contributed by atoms with Crippen molar-refractivity contribution in [3.8, 4) is 0 Å². The summed E-state index contributed by atoms with van der Waals surface area (Å²) in [6.07, 6.45) is 0. The van der Waals surface area contributed by atoms with Crippen LogP contribution in [0, 0.1) is 5.92 Å². The van der Waals surface area contributed by atoms with E-state index in [4.69, 9.17) is 21.3 Å². The second-order valence-corrected chi connectivity index (χ2v) is 8.35. The van der Waals surface area contributed by atoms with Gasteiger partial charge in [0.15, 0.2) is 5.92 Å². The van der Waals surface area contributed by atoms with Crippen LogP contribution in [0.5, 0.6) is 0 Å². The number of halogens is 1. The first-order valence-electron chi connectivity index (χ1n) is 10.8. The van der Waals surface area contributed by atoms with E-state index < -0.39 is 17.9 Å². The molecule has 2 atom stereocenters. The van der Waals surface area contributed by atoms with Gasteiger partial charge in [0.25, 0.3) is 0 Å². The molecule has 0 N–H and O–H groups in total. The van der Waals surface area contributed by atoms with Crippen molar-refractivity contribution >= 4 is 40.5 Å². The molecule has 5 rings (SSSR count). The number of esters is 1. The molecule has 3 aromatic carbocycles. The number of para-hydroxylation sites is 2. The van der Waals surface area contributed by atoms with Crippen LogP contribution in [0.15, 0.2) is 78.9 Å². The molecule has 7 heteroatoms. The number of hydrogen-bond donors (Lipinski definition) is 0. The minimum atomic E-state index is -1.07. The second-order valence-electron chi connectivity index (χ2n) is 7.91. The predicted molar refractivity (Wildman–Crippen MR) is 127 cm³/mol. The number of carbonyl (C=O) groups excluding carboxylic acids is 2. The Balaban J connectivity index is 1.76. The van der Waals surface area contributed by atoms with Crippen LogP contribution < -0.4 is 4.90 Å². The van der Waals surface area contributed by atoms with Gasteiger partial charge in [-0.1, -0.05) is 66.2 Å². The number of benzene rings is 3. The lowest BCUT2D eigenvalue weighted by molar-refractivity contribution is -0.153. The van der Waals surface area contributed by atoms with Crippen molar-refractivity contribution in [2.45, 2.75) is 19.5 Å². The normalized spacial score (nSPS) is 17.8. The molecule has 2 heterocycles. The van der Waals surface area contributed by atoms with Crippen molar-refractivity contribution in [3.05, 3.63) is 95.0 Å². The van der Waals surface area contributed by atoms with Crippen LogP contribution in [0.3, 0.4) is 0 Å². The summed E-state index contributed by atoms with van der Waals surface area (Å²) in [6.45, 7) is 2.21. The van der Waals surface area contributed by atoms with Crippen molar-refractivity contribution in [1.82, 2.24) is 9.55 Å². The molecule has 166 valence electrons. The highest BCUT2D eigenvalue weighted by Gasteiger charge is 2.47. The van der Waals surface area contributed by atoms with Gasteiger partial charge in [-0.3, -0.25) is 14.5 Å². The van der Waals surface area contributed by atoms with Crippen LogP contribution in [-0.2, 0) is 20.9 Å². The first-order chi connectivity index (χ1) is 16.1. The van der Waals surface area contributed by atoms with E-state index in [2.05, 4.69) is 0 Å². The molecule has 0 spiro atoms. The van der Waals surface area contributed by atoms with E-state index in [1.165, 1.54) is 0 Å². The van der Waals surface area contributed by atoms with Crippen molar-refractivity contribution in [1.29, 1.82) is 0 Å². The highest BCUT2D eigenvalue weighted by atomic mass is 35.5. The predicted octanol–water partition coefficient (Wildman–Crippen LogP) is 5.01. The Morgan fingerprint density at radius 2 is 1.79 bits per heavy atom. The number of nitrogens with zero attached hydrogens (tertiary/aromatic N) is 3. The van der Waals surface area contributed by atoms with Gasteiger partial charge in [-0.2, -0.15) is 0 Å². The zero-order valence-corrected chi connectivity index (χ0v) is 18.8. The lowest BCUT2D eigenvalue weighted by Gasteiger charge is -2.38. The monoisotopic (exact) mass is 459 g/mol. The third kappa shape index (κ3) is 3.76. The molecule has 33 heavy (non-hydrogen) atoms. The van der Waals surface area contributed by atoms with Crippen LogP contribution in [0.25, 0.3) is 11.0 Å². The summed E-state index contributed by atoms with van der Waals surface area (Å²) in [5.74, 6) is -1.48. The molecule has 0 radical (unpaired) electrons. The summed E-state index contributed by atoms with van der Waals surface area (Å²) in [5.41, 5.74) is 3.26. The quantitative estimate of drug-likeness (QED) is 0.311. The van der Waals surface area contributed by atoms with Gasteiger partial charge in [0.1, 0.15) is 0 Å². The largest absolute Gasteiger partial charge is 0.465 e. The Bertz CT molecular complexity index is 1340. The first-order valence-corrected chi connectivity index (χ1v) is 11.2. The molecule has 0 fully saturated rings. The molecular weight excluding hydrogens is 438 g/mol. The van der Waals surface area contributed by atoms with E-state index in [1.807, 2.05) is 71.3 Å². The van der Waals surface area contributed by atoms with Crippen LogP contribution in [0.1, 0.15) is 24.1 Å². The van der Waals surface area contributed by atoms with E-state index in [0.29, 0.717) is 17.5 Å². The van der Waals surface area contributed by atoms with Gasteiger partial charge in [0, 0.05) is 5.02 Å². The van der Waals surface area contributed by atoms with Gasteiger partial charge in [-0.25, -0.2) is 4.98 Å². The number of fused-ring (bicyclic) bond motifs is 3. The number of hydrogen-bond acceptors (Lipinski definition) is 4. The number of aromatic nitrogens is 2. The Kier molecular flexibility index (Phi) is 5.60. The Labute approximate surface area is 196 Å². The topological polar surface area (TPSA) is 64.4 Å². The number of rotatable bonds is 5. The van der Waals surface area contributed by atoms with Gasteiger partial charge in [-0.15, -0.1) is 0 Å². The lowest BCUT2D eigenvalue weighted by atomic mass is 9.89. The highest BCUT2D eigenvalue weighted by Crippen LogP contribution is 2.42. The number of anilines is 1. The van der Waals surface area contributed by atoms with Crippen LogP contribution in [0.2, 0.25) is 5.02 Å². The standard InChI is InChI=1S/C26H22ClN3O3/c1-2-33-25(32)22-23(18-11-8-12-19(27)15-18)30-21-14-7-6-13-20(21)28-26(30)29(24(22)31)16-17-9-4-3-5-10-17/h3-15,22-23H,2,16H2,1H3/t22-,23+/m0/s1. The molecule has 0 bridgehead atoms. The second kappa shape index (κ2) is 8.71. The fraction of sp³-hybridized carbons (Fsp3) is 0.192. The van der Waals surface area contributed by atoms with Crippen LogP contribution in [0.4, 0.5) is 5.95 Å². The molecule has 4 aromatic rings. The van der Waals surface area contributed by atoms with E-state index in [-0.39, 0.29) is 12.5 Å². The number of carbonyl (C=O) groups is 2. The molecule has 0 saturated carbocycles. The van der Waals surface area contributed by atoms with E-state index in [1.54, 1.807) is 24.0 Å². The number of amides is 1. The van der Waals surface area contributed by atoms with Gasteiger partial charge in [-0.05, 0) is 42.3 Å². The smallest absolute Gasteiger partial charge is 0.321 e. The Morgan fingerprint density at radius 1 is 1.03 bits per heavy atom. The number of imidazole rings is 1. The molecule has 1 aliphatic heterocycles. The highest BCUT2D eigenvalue weighted by molar-refractivity contribution is 6.30. The van der Waals surface area contributed by atoms with Crippen molar-refractivity contribution in [3.63, 3.8) is 0 Å². The van der Waals surface area contributed by atoms with Crippen LogP contribution in [-0.4, -0.2) is 28.0 Å². The van der Waals surface area contributed by atoms with Gasteiger partial charge in [0.2, 0.25) is 11.9 Å². The molecule has 1 aliphatic rings. The van der Waals surface area contributed by atoms with E-state index in [0.717, 1.165) is 22.2 Å². The summed E-state index contributed by atoms with van der Waals surface area (Å²) >= 11 is 6.31. The molecule has 6 nitrogen and oxygen atoms in total. The number of ether oxygens (including phenoxy) is 1. The maximum absolute atomic E-state index is 13.9. The van der Waals surface area contributed by atoms with Crippen molar-refractivity contribution < 1.29 is 14.3 Å². The van der Waals surface area contributed by atoms with Gasteiger partial charge in [0.05, 0.1) is 30.2 Å². The summed E-state index contributed by atoms with van der Waals surface area (Å²) in [5, 5.41) is 0.528.